The van der Waals surface area contributed by atoms with Gasteiger partial charge < -0.3 is 4.90 Å². The van der Waals surface area contributed by atoms with Gasteiger partial charge in [-0.3, -0.25) is 15.0 Å². The minimum absolute atomic E-state index is 0.240. The SMILES string of the molecule is Cn1cc(C2CCC3NNC(c4cc(N5CCN(C6CC6)CC5)ncn4)C3C2)cn1. The number of hydrogen-bond donors (Lipinski definition) is 2. The van der Waals surface area contributed by atoms with E-state index < -0.39 is 0 Å². The summed E-state index contributed by atoms with van der Waals surface area (Å²) < 4.78 is 1.92. The number of nitrogens with one attached hydrogen (secondary N) is 2. The molecule has 4 aliphatic rings. The molecule has 0 radical (unpaired) electrons. The molecule has 2 aromatic heterocycles. The zero-order valence-corrected chi connectivity index (χ0v) is 17.7. The van der Waals surface area contributed by atoms with Gasteiger partial charge in [-0.25, -0.2) is 15.4 Å². The van der Waals surface area contributed by atoms with Crippen molar-refractivity contribution in [1.82, 2.24) is 35.5 Å². The predicted octanol–water partition coefficient (Wildman–Crippen LogP) is 1.60. The molecule has 0 amide bonds. The summed E-state index contributed by atoms with van der Waals surface area (Å²) in [4.78, 5) is 14.4. The minimum Gasteiger partial charge on any atom is -0.354 e. The van der Waals surface area contributed by atoms with Crippen LogP contribution in [0.1, 0.15) is 55.3 Å². The first kappa shape index (κ1) is 18.7. The summed E-state index contributed by atoms with van der Waals surface area (Å²) in [7, 11) is 2.00. The van der Waals surface area contributed by atoms with Crippen LogP contribution in [0.3, 0.4) is 0 Å². The molecule has 160 valence electrons. The zero-order valence-electron chi connectivity index (χ0n) is 17.7. The summed E-state index contributed by atoms with van der Waals surface area (Å²) in [5.74, 6) is 2.21. The molecule has 2 saturated heterocycles. The standard InChI is InChI=1S/C22H32N8/c1-28-13-16(12-25-28)15-2-5-19-18(10-15)22(27-26-19)20-11-21(24-14-23-20)30-8-6-29(7-9-30)17-3-4-17/h11-15,17-19,22,26-27H,2-10H2,1H3. The number of rotatable bonds is 4. The Balaban J connectivity index is 1.17. The second-order valence-electron chi connectivity index (χ2n) is 9.55. The molecule has 4 heterocycles. The molecule has 4 fully saturated rings. The highest BCUT2D eigenvalue weighted by atomic mass is 15.4. The Kier molecular flexibility index (Phi) is 4.73. The maximum Gasteiger partial charge on any atom is 0.132 e. The highest BCUT2D eigenvalue weighted by Gasteiger charge is 2.42. The number of aryl methyl sites for hydroxylation is 1. The Hall–Kier alpha value is -2.03. The average Bonchev–Trinajstić information content (AvgIpc) is 3.41. The molecule has 0 bridgehead atoms. The summed E-state index contributed by atoms with van der Waals surface area (Å²) in [5.41, 5.74) is 9.62. The van der Waals surface area contributed by atoms with Crippen molar-refractivity contribution in [3.63, 3.8) is 0 Å². The predicted molar refractivity (Wildman–Crippen MR) is 115 cm³/mol. The Morgan fingerprint density at radius 3 is 2.63 bits per heavy atom. The summed E-state index contributed by atoms with van der Waals surface area (Å²) in [6, 6.07) is 3.84. The lowest BCUT2D eigenvalue weighted by atomic mass is 9.73. The van der Waals surface area contributed by atoms with Crippen LogP contribution in [0.5, 0.6) is 0 Å². The number of nitrogens with zero attached hydrogens (tertiary/aromatic N) is 6. The summed E-state index contributed by atoms with van der Waals surface area (Å²) in [6.45, 7) is 4.45. The van der Waals surface area contributed by atoms with Crippen molar-refractivity contribution >= 4 is 5.82 Å². The number of piperazine rings is 1. The van der Waals surface area contributed by atoms with Gasteiger partial charge in [-0.1, -0.05) is 0 Å². The van der Waals surface area contributed by atoms with E-state index in [0.29, 0.717) is 17.9 Å². The van der Waals surface area contributed by atoms with E-state index in [9.17, 15) is 0 Å². The van der Waals surface area contributed by atoms with Gasteiger partial charge in [0.1, 0.15) is 12.1 Å². The molecule has 8 heteroatoms. The fourth-order valence-electron chi connectivity index (χ4n) is 5.76. The highest BCUT2D eigenvalue weighted by molar-refractivity contribution is 5.40. The maximum absolute atomic E-state index is 4.70. The van der Waals surface area contributed by atoms with Crippen molar-refractivity contribution in [2.45, 2.75) is 56.1 Å². The number of hydrogen-bond acceptors (Lipinski definition) is 7. The number of aromatic nitrogens is 4. The van der Waals surface area contributed by atoms with Gasteiger partial charge in [0.25, 0.3) is 0 Å². The number of anilines is 1. The van der Waals surface area contributed by atoms with Crippen molar-refractivity contribution in [3.8, 4) is 0 Å². The maximum atomic E-state index is 4.70. The Morgan fingerprint density at radius 2 is 1.87 bits per heavy atom. The van der Waals surface area contributed by atoms with E-state index in [4.69, 9.17) is 4.98 Å². The molecule has 2 N–H and O–H groups in total. The van der Waals surface area contributed by atoms with Crippen LogP contribution >= 0.6 is 0 Å². The van der Waals surface area contributed by atoms with Gasteiger partial charge in [0.05, 0.1) is 17.9 Å². The molecule has 8 nitrogen and oxygen atoms in total. The Morgan fingerprint density at radius 1 is 1.00 bits per heavy atom. The molecular formula is C22H32N8. The first-order valence-corrected chi connectivity index (χ1v) is 11.5. The third-order valence-electron chi connectivity index (χ3n) is 7.64. The van der Waals surface area contributed by atoms with E-state index in [1.54, 1.807) is 6.33 Å². The van der Waals surface area contributed by atoms with Gasteiger partial charge >= 0.3 is 0 Å². The summed E-state index contributed by atoms with van der Waals surface area (Å²) in [5, 5.41) is 4.39. The van der Waals surface area contributed by atoms with Crippen molar-refractivity contribution in [2.75, 3.05) is 31.1 Å². The van der Waals surface area contributed by atoms with Crippen LogP contribution in [0.2, 0.25) is 0 Å². The zero-order chi connectivity index (χ0) is 20.1. The lowest BCUT2D eigenvalue weighted by Gasteiger charge is -2.36. The van der Waals surface area contributed by atoms with Gasteiger partial charge in [-0.15, -0.1) is 0 Å². The molecule has 0 spiro atoms. The van der Waals surface area contributed by atoms with Gasteiger partial charge in [-0.05, 0) is 49.5 Å². The Bertz CT molecular complexity index is 885. The lowest BCUT2D eigenvalue weighted by Crippen LogP contribution is -2.47. The number of fused-ring (bicyclic) bond motifs is 1. The summed E-state index contributed by atoms with van der Waals surface area (Å²) in [6.07, 6.45) is 12.3. The smallest absolute Gasteiger partial charge is 0.132 e. The van der Waals surface area contributed by atoms with Crippen LogP contribution in [-0.4, -0.2) is 62.9 Å². The van der Waals surface area contributed by atoms with E-state index in [-0.39, 0.29) is 6.04 Å². The third kappa shape index (κ3) is 3.50. The summed E-state index contributed by atoms with van der Waals surface area (Å²) >= 11 is 0. The molecular weight excluding hydrogens is 376 g/mol. The molecule has 2 aromatic rings. The minimum atomic E-state index is 0.240. The second-order valence-corrected chi connectivity index (χ2v) is 9.55. The van der Waals surface area contributed by atoms with E-state index in [1.807, 2.05) is 17.9 Å². The van der Waals surface area contributed by atoms with Crippen molar-refractivity contribution in [3.05, 3.63) is 36.0 Å². The van der Waals surface area contributed by atoms with E-state index in [2.05, 4.69) is 43.0 Å². The molecule has 0 aromatic carbocycles. The first-order chi connectivity index (χ1) is 14.7. The molecule has 4 atom stereocenters. The third-order valence-corrected chi connectivity index (χ3v) is 7.64. The van der Waals surface area contributed by atoms with Crippen molar-refractivity contribution < 1.29 is 0 Å². The normalized spacial score (nSPS) is 32.4. The Labute approximate surface area is 178 Å². The molecule has 30 heavy (non-hydrogen) atoms. The molecule has 2 saturated carbocycles. The molecule has 2 aliphatic carbocycles. The molecule has 4 unspecified atom stereocenters. The lowest BCUT2D eigenvalue weighted by molar-refractivity contribution is 0.247. The van der Waals surface area contributed by atoms with Crippen LogP contribution in [0.4, 0.5) is 5.82 Å². The molecule has 6 rings (SSSR count). The van der Waals surface area contributed by atoms with Crippen LogP contribution in [0.25, 0.3) is 0 Å². The monoisotopic (exact) mass is 408 g/mol. The van der Waals surface area contributed by atoms with E-state index in [1.165, 1.54) is 37.7 Å². The van der Waals surface area contributed by atoms with Crippen LogP contribution < -0.4 is 15.8 Å². The second kappa shape index (κ2) is 7.59. The van der Waals surface area contributed by atoms with Crippen LogP contribution in [0.15, 0.2) is 24.8 Å². The van der Waals surface area contributed by atoms with Gasteiger partial charge in [0.2, 0.25) is 0 Å². The van der Waals surface area contributed by atoms with Crippen LogP contribution in [0, 0.1) is 5.92 Å². The number of hydrazine groups is 1. The van der Waals surface area contributed by atoms with E-state index >= 15 is 0 Å². The quantitative estimate of drug-likeness (QED) is 0.796. The van der Waals surface area contributed by atoms with Crippen molar-refractivity contribution in [1.29, 1.82) is 0 Å². The van der Waals surface area contributed by atoms with Gasteiger partial charge in [0, 0.05) is 57.6 Å². The topological polar surface area (TPSA) is 74.1 Å². The van der Waals surface area contributed by atoms with Gasteiger partial charge in [0.15, 0.2) is 0 Å². The fourth-order valence-corrected chi connectivity index (χ4v) is 5.76. The van der Waals surface area contributed by atoms with Crippen molar-refractivity contribution in [2.24, 2.45) is 13.0 Å². The largest absolute Gasteiger partial charge is 0.354 e. The van der Waals surface area contributed by atoms with E-state index in [0.717, 1.165) is 43.7 Å². The van der Waals surface area contributed by atoms with Crippen LogP contribution in [-0.2, 0) is 7.05 Å². The van der Waals surface area contributed by atoms with Gasteiger partial charge in [-0.2, -0.15) is 5.10 Å². The fraction of sp³-hybridized carbons (Fsp3) is 0.682. The first-order valence-electron chi connectivity index (χ1n) is 11.5. The molecule has 2 aliphatic heterocycles. The average molecular weight is 409 g/mol. The highest BCUT2D eigenvalue weighted by Crippen LogP contribution is 2.43.